The summed E-state index contributed by atoms with van der Waals surface area (Å²) in [6.07, 6.45) is 6.13. The van der Waals surface area contributed by atoms with Crippen molar-refractivity contribution in [2.75, 3.05) is 6.54 Å². The molecule has 2 aromatic carbocycles. The summed E-state index contributed by atoms with van der Waals surface area (Å²) in [5, 5.41) is 9.00. The van der Waals surface area contributed by atoms with Gasteiger partial charge in [-0.3, -0.25) is 4.79 Å². The molecule has 1 heterocycles. The zero-order valence-corrected chi connectivity index (χ0v) is 16.6. The van der Waals surface area contributed by atoms with Crippen molar-refractivity contribution in [1.29, 1.82) is 5.26 Å². The normalized spacial score (nSPS) is 21.1. The number of allylic oxidation sites excluding steroid dienone is 3. The predicted octanol–water partition coefficient (Wildman–Crippen LogP) is 5.38. The van der Waals surface area contributed by atoms with Gasteiger partial charge in [0.2, 0.25) is 0 Å². The fourth-order valence-electron chi connectivity index (χ4n) is 4.55. The number of piperidine rings is 1. The van der Waals surface area contributed by atoms with Crippen molar-refractivity contribution in [3.63, 3.8) is 0 Å². The van der Waals surface area contributed by atoms with Gasteiger partial charge in [0, 0.05) is 12.1 Å². The van der Waals surface area contributed by atoms with Crippen molar-refractivity contribution in [2.24, 2.45) is 5.92 Å². The molecule has 144 valence electrons. The third-order valence-electron chi connectivity index (χ3n) is 6.08. The number of amides is 1. The van der Waals surface area contributed by atoms with Crippen LogP contribution in [0.3, 0.4) is 0 Å². The predicted molar refractivity (Wildman–Crippen MR) is 116 cm³/mol. The summed E-state index contributed by atoms with van der Waals surface area (Å²) in [7, 11) is 0. The zero-order valence-electron chi connectivity index (χ0n) is 16.6. The number of nitrogens with zero attached hydrogens (tertiary/aromatic N) is 2. The lowest BCUT2D eigenvalue weighted by Crippen LogP contribution is -2.44. The van der Waals surface area contributed by atoms with Crippen LogP contribution in [-0.4, -0.2) is 23.4 Å². The largest absolute Gasteiger partial charge is 0.332 e. The van der Waals surface area contributed by atoms with Crippen molar-refractivity contribution in [1.82, 2.24) is 4.90 Å². The van der Waals surface area contributed by atoms with Crippen LogP contribution in [0.4, 0.5) is 0 Å². The number of carbonyl (C=O) groups excluding carboxylic acids is 1. The van der Waals surface area contributed by atoms with Gasteiger partial charge in [-0.25, -0.2) is 0 Å². The number of carbonyl (C=O) groups is 1. The average Bonchev–Trinajstić information content (AvgIpc) is 3.04. The first-order chi connectivity index (χ1) is 14.1. The van der Waals surface area contributed by atoms with Crippen LogP contribution in [0.5, 0.6) is 0 Å². The number of fused-ring (bicyclic) bond motifs is 2. The van der Waals surface area contributed by atoms with E-state index in [1.807, 2.05) is 29.2 Å². The van der Waals surface area contributed by atoms with Gasteiger partial charge in [-0.05, 0) is 72.2 Å². The van der Waals surface area contributed by atoms with Gasteiger partial charge in [-0.1, -0.05) is 49.1 Å². The molecule has 1 saturated heterocycles. The molecule has 1 aliphatic carbocycles. The van der Waals surface area contributed by atoms with Gasteiger partial charge in [-0.2, -0.15) is 5.26 Å². The first kappa shape index (κ1) is 19.0. The van der Waals surface area contributed by atoms with Crippen molar-refractivity contribution < 1.29 is 4.79 Å². The van der Waals surface area contributed by atoms with Gasteiger partial charge in [0.05, 0.1) is 17.7 Å². The van der Waals surface area contributed by atoms with Crippen molar-refractivity contribution in [3.8, 4) is 6.07 Å². The molecule has 2 atom stereocenters. The van der Waals surface area contributed by atoms with Crippen LogP contribution in [0.15, 0.2) is 84.5 Å². The van der Waals surface area contributed by atoms with Crippen molar-refractivity contribution in [2.45, 2.75) is 25.8 Å². The highest BCUT2D eigenvalue weighted by Gasteiger charge is 2.41. The number of rotatable bonds is 4. The quantitative estimate of drug-likeness (QED) is 0.715. The molecule has 29 heavy (non-hydrogen) atoms. The standard InChI is InChI=1S/C26H24N2O/c1-3-23-22-13-14-28(26(29)21-11-9-19(17-27)10-12-21)25(16-22)24(23)15-18(2)20-7-5-4-6-8-20/h3-12,15,22,25H,1,13-14,16H2,2H3. The highest BCUT2D eigenvalue weighted by Crippen LogP contribution is 2.43. The Morgan fingerprint density at radius 1 is 1.10 bits per heavy atom. The monoisotopic (exact) mass is 380 g/mol. The van der Waals surface area contributed by atoms with E-state index in [0.29, 0.717) is 17.0 Å². The van der Waals surface area contributed by atoms with E-state index in [1.54, 1.807) is 24.3 Å². The molecule has 0 radical (unpaired) electrons. The first-order valence-corrected chi connectivity index (χ1v) is 10.0. The Labute approximate surface area is 172 Å². The number of hydrogen-bond acceptors (Lipinski definition) is 2. The summed E-state index contributed by atoms with van der Waals surface area (Å²) in [5.41, 5.74) is 6.08. The van der Waals surface area contributed by atoms with Crippen LogP contribution < -0.4 is 0 Å². The Bertz CT molecular complexity index is 1040. The zero-order chi connectivity index (χ0) is 20.4. The molecule has 4 rings (SSSR count). The second-order valence-electron chi connectivity index (χ2n) is 7.73. The average molecular weight is 380 g/mol. The minimum Gasteiger partial charge on any atom is -0.332 e. The Balaban J connectivity index is 1.68. The number of nitriles is 1. The summed E-state index contributed by atoms with van der Waals surface area (Å²) in [6, 6.07) is 19.4. The number of hydrogen-bond donors (Lipinski definition) is 0. The van der Waals surface area contributed by atoms with Gasteiger partial charge in [0.25, 0.3) is 5.91 Å². The van der Waals surface area contributed by atoms with Gasteiger partial charge >= 0.3 is 0 Å². The lowest BCUT2D eigenvalue weighted by atomic mass is 9.93. The fourth-order valence-corrected chi connectivity index (χ4v) is 4.55. The van der Waals surface area contributed by atoms with Crippen LogP contribution in [0.2, 0.25) is 0 Å². The second kappa shape index (κ2) is 7.93. The molecule has 3 nitrogen and oxygen atoms in total. The summed E-state index contributed by atoms with van der Waals surface area (Å²) in [4.78, 5) is 15.3. The van der Waals surface area contributed by atoms with Crippen LogP contribution in [0.1, 0.15) is 41.3 Å². The van der Waals surface area contributed by atoms with Gasteiger partial charge in [0.15, 0.2) is 0 Å². The molecule has 0 N–H and O–H groups in total. The second-order valence-corrected chi connectivity index (χ2v) is 7.73. The van der Waals surface area contributed by atoms with E-state index in [2.05, 4.69) is 37.8 Å². The van der Waals surface area contributed by atoms with Crippen LogP contribution in [0, 0.1) is 17.2 Å². The summed E-state index contributed by atoms with van der Waals surface area (Å²) in [5.74, 6) is 0.504. The Morgan fingerprint density at radius 3 is 2.48 bits per heavy atom. The van der Waals surface area contributed by atoms with Gasteiger partial charge < -0.3 is 4.90 Å². The number of benzene rings is 2. The maximum absolute atomic E-state index is 13.3. The topological polar surface area (TPSA) is 44.1 Å². The molecule has 0 saturated carbocycles. The van der Waals surface area contributed by atoms with Crippen molar-refractivity contribution in [3.05, 3.63) is 101 Å². The molecule has 1 fully saturated rings. The first-order valence-electron chi connectivity index (χ1n) is 10.0. The van der Waals surface area contributed by atoms with E-state index in [9.17, 15) is 4.79 Å². The van der Waals surface area contributed by atoms with Gasteiger partial charge in [-0.15, -0.1) is 0 Å². The van der Waals surface area contributed by atoms with Crippen LogP contribution in [0.25, 0.3) is 5.57 Å². The summed E-state index contributed by atoms with van der Waals surface area (Å²) >= 11 is 0. The SMILES string of the molecule is C=CC1=C(C=C(C)c2ccccc2)C2CC1CCN2C(=O)c1ccc(C#N)cc1. The third kappa shape index (κ3) is 3.54. The minimum absolute atomic E-state index is 0.0338. The summed E-state index contributed by atoms with van der Waals surface area (Å²) in [6.45, 7) is 6.93. The molecular formula is C26H24N2O. The molecule has 1 amide bonds. The minimum atomic E-state index is 0.0338. The molecule has 2 bridgehead atoms. The lowest BCUT2D eigenvalue weighted by Gasteiger charge is -2.35. The van der Waals surface area contributed by atoms with Crippen LogP contribution in [-0.2, 0) is 0 Å². The highest BCUT2D eigenvalue weighted by molar-refractivity contribution is 5.95. The Morgan fingerprint density at radius 2 is 1.83 bits per heavy atom. The maximum Gasteiger partial charge on any atom is 0.254 e. The molecule has 2 unspecified atom stereocenters. The fraction of sp³-hybridized carbons (Fsp3) is 0.231. The van der Waals surface area contributed by atoms with E-state index >= 15 is 0 Å². The van der Waals surface area contributed by atoms with Gasteiger partial charge in [0.1, 0.15) is 0 Å². The maximum atomic E-state index is 13.3. The van der Waals surface area contributed by atoms with E-state index in [1.165, 1.54) is 22.3 Å². The van der Waals surface area contributed by atoms with Crippen molar-refractivity contribution >= 4 is 11.5 Å². The van der Waals surface area contributed by atoms with E-state index in [4.69, 9.17) is 5.26 Å². The van der Waals surface area contributed by atoms with E-state index in [0.717, 1.165) is 19.4 Å². The summed E-state index contributed by atoms with van der Waals surface area (Å²) < 4.78 is 0. The van der Waals surface area contributed by atoms with E-state index < -0.39 is 0 Å². The smallest absolute Gasteiger partial charge is 0.254 e. The molecule has 0 aromatic heterocycles. The molecule has 0 spiro atoms. The lowest BCUT2D eigenvalue weighted by molar-refractivity contribution is 0.0648. The molecule has 3 heteroatoms. The Kier molecular flexibility index (Phi) is 5.18. The van der Waals surface area contributed by atoms with Crippen LogP contribution >= 0.6 is 0 Å². The third-order valence-corrected chi connectivity index (χ3v) is 6.08. The van der Waals surface area contributed by atoms with E-state index in [-0.39, 0.29) is 11.9 Å². The molecule has 2 aliphatic rings. The molecule has 1 aliphatic heterocycles. The Hall–Kier alpha value is -3.38. The highest BCUT2D eigenvalue weighted by atomic mass is 16.2. The number of likely N-dealkylation sites (tertiary alicyclic amines) is 1. The molecular weight excluding hydrogens is 356 g/mol. The molecule has 2 aromatic rings.